The van der Waals surface area contributed by atoms with Crippen molar-refractivity contribution in [3.63, 3.8) is 0 Å². The van der Waals surface area contributed by atoms with E-state index in [-0.39, 0.29) is 41.7 Å². The van der Waals surface area contributed by atoms with Crippen molar-refractivity contribution in [2.24, 2.45) is 11.3 Å². The fraction of sp³-hybridized carbons (Fsp3) is 0.619. The minimum Gasteiger partial charge on any atom is -0.376 e. The number of halogens is 1. The van der Waals surface area contributed by atoms with E-state index in [1.54, 1.807) is 6.07 Å². The minimum atomic E-state index is -0.0884. The third-order valence-corrected chi connectivity index (χ3v) is 6.28. The predicted octanol–water partition coefficient (Wildman–Crippen LogP) is 2.02. The third kappa shape index (κ3) is 4.85. The van der Waals surface area contributed by atoms with Crippen LogP contribution in [0, 0.1) is 11.3 Å². The number of hydrogen-bond donors (Lipinski definition) is 3. The second kappa shape index (κ2) is 9.25. The first-order chi connectivity index (χ1) is 13.2. The van der Waals surface area contributed by atoms with E-state index in [0.717, 1.165) is 57.4 Å². The number of nitrogens with one attached hydrogen (secondary N) is 3. The molecular formula is C21H30ClN3O3. The van der Waals surface area contributed by atoms with E-state index >= 15 is 0 Å². The molecule has 1 aromatic carbocycles. The molecule has 0 bridgehead atoms. The Morgan fingerprint density at radius 2 is 2.04 bits per heavy atom. The van der Waals surface area contributed by atoms with Crippen LogP contribution in [0.2, 0.25) is 0 Å². The lowest BCUT2D eigenvalue weighted by Gasteiger charge is -2.23. The largest absolute Gasteiger partial charge is 0.376 e. The van der Waals surface area contributed by atoms with Gasteiger partial charge < -0.3 is 20.7 Å². The highest BCUT2D eigenvalue weighted by atomic mass is 35.5. The van der Waals surface area contributed by atoms with Crippen LogP contribution in [0.3, 0.4) is 0 Å². The Balaban J connectivity index is 0.00000225. The Kier molecular flexibility index (Phi) is 6.96. The van der Waals surface area contributed by atoms with E-state index < -0.39 is 0 Å². The van der Waals surface area contributed by atoms with Crippen LogP contribution in [-0.4, -0.2) is 44.2 Å². The van der Waals surface area contributed by atoms with Gasteiger partial charge in [0.2, 0.25) is 5.91 Å². The molecule has 0 aromatic heterocycles. The summed E-state index contributed by atoms with van der Waals surface area (Å²) in [5, 5.41) is 9.37. The summed E-state index contributed by atoms with van der Waals surface area (Å²) >= 11 is 0. The summed E-state index contributed by atoms with van der Waals surface area (Å²) < 4.78 is 5.54. The first-order valence-corrected chi connectivity index (χ1v) is 10.1. The summed E-state index contributed by atoms with van der Waals surface area (Å²) in [5.41, 5.74) is 1.83. The van der Waals surface area contributed by atoms with Gasteiger partial charge in [0.25, 0.3) is 5.91 Å². The van der Waals surface area contributed by atoms with E-state index in [9.17, 15) is 9.59 Å². The van der Waals surface area contributed by atoms with Crippen LogP contribution >= 0.6 is 12.4 Å². The summed E-state index contributed by atoms with van der Waals surface area (Å²) in [6, 6.07) is 7.48. The molecule has 2 aliphatic heterocycles. The first-order valence-electron chi connectivity index (χ1n) is 10.1. The van der Waals surface area contributed by atoms with E-state index in [0.29, 0.717) is 18.7 Å². The van der Waals surface area contributed by atoms with Gasteiger partial charge in [-0.3, -0.25) is 9.59 Å². The first kappa shape index (κ1) is 21.1. The smallest absolute Gasteiger partial charge is 0.251 e. The molecule has 154 valence electrons. The number of carbonyl (C=O) groups excluding carboxylic acids is 2. The molecule has 1 saturated carbocycles. The van der Waals surface area contributed by atoms with Crippen LogP contribution in [-0.2, 0) is 16.1 Å². The number of carbonyl (C=O) groups is 2. The Labute approximate surface area is 172 Å². The standard InChI is InChI=1S/C21H29N3O3.ClH/c25-19(24-14-17-5-2-10-27-17)16-4-1-3-15(11-16)13-23-20(26)18-12-21(18)6-8-22-9-7-21;/h1,3-4,11,17-18,22H,2,5-10,12-14H2,(H,23,26)(H,24,25);1H. The number of amides is 2. The van der Waals surface area contributed by atoms with Crippen molar-refractivity contribution >= 4 is 24.2 Å². The second-order valence-corrected chi connectivity index (χ2v) is 8.13. The van der Waals surface area contributed by atoms with Crippen LogP contribution in [0.5, 0.6) is 0 Å². The lowest BCUT2D eigenvalue weighted by atomic mass is 9.92. The van der Waals surface area contributed by atoms with Gasteiger partial charge in [-0.2, -0.15) is 0 Å². The van der Waals surface area contributed by atoms with Gasteiger partial charge in [-0.05, 0) is 68.3 Å². The average Bonchev–Trinajstić information content (AvgIpc) is 3.14. The maximum atomic E-state index is 12.5. The lowest BCUT2D eigenvalue weighted by Crippen LogP contribution is -2.33. The zero-order valence-electron chi connectivity index (χ0n) is 16.2. The van der Waals surface area contributed by atoms with Gasteiger partial charge >= 0.3 is 0 Å². The zero-order valence-corrected chi connectivity index (χ0v) is 17.0. The Bertz CT molecular complexity index is 700. The Morgan fingerprint density at radius 1 is 1.21 bits per heavy atom. The summed E-state index contributed by atoms with van der Waals surface area (Å²) in [7, 11) is 0. The van der Waals surface area contributed by atoms with Crippen molar-refractivity contribution < 1.29 is 14.3 Å². The van der Waals surface area contributed by atoms with E-state index in [2.05, 4.69) is 16.0 Å². The monoisotopic (exact) mass is 407 g/mol. The van der Waals surface area contributed by atoms with Gasteiger partial charge in [-0.15, -0.1) is 12.4 Å². The molecule has 2 saturated heterocycles. The van der Waals surface area contributed by atoms with Gasteiger partial charge in [0.1, 0.15) is 0 Å². The highest BCUT2D eigenvalue weighted by Crippen LogP contribution is 2.58. The van der Waals surface area contributed by atoms with Crippen LogP contribution in [0.1, 0.15) is 48.0 Å². The van der Waals surface area contributed by atoms with Crippen molar-refractivity contribution in [2.45, 2.75) is 44.8 Å². The molecule has 7 heteroatoms. The molecule has 1 aromatic rings. The molecular weight excluding hydrogens is 378 g/mol. The van der Waals surface area contributed by atoms with Crippen molar-refractivity contribution in [2.75, 3.05) is 26.2 Å². The quantitative estimate of drug-likeness (QED) is 0.674. The van der Waals surface area contributed by atoms with Gasteiger partial charge in [0.05, 0.1) is 6.10 Å². The lowest BCUT2D eigenvalue weighted by molar-refractivity contribution is -0.123. The number of piperidine rings is 1. The van der Waals surface area contributed by atoms with Gasteiger partial charge in [0, 0.05) is 31.2 Å². The molecule has 2 heterocycles. The van der Waals surface area contributed by atoms with Crippen molar-refractivity contribution in [1.29, 1.82) is 0 Å². The van der Waals surface area contributed by atoms with Crippen molar-refractivity contribution in [1.82, 2.24) is 16.0 Å². The summed E-state index contributed by atoms with van der Waals surface area (Å²) in [6.07, 6.45) is 5.43. The summed E-state index contributed by atoms with van der Waals surface area (Å²) in [4.78, 5) is 24.8. The fourth-order valence-electron chi connectivity index (χ4n) is 4.44. The maximum Gasteiger partial charge on any atom is 0.251 e. The topological polar surface area (TPSA) is 79.5 Å². The molecule has 2 unspecified atom stereocenters. The number of rotatable bonds is 6. The molecule has 2 amide bonds. The maximum absolute atomic E-state index is 12.5. The number of ether oxygens (including phenoxy) is 1. The van der Waals surface area contributed by atoms with Crippen LogP contribution in [0.15, 0.2) is 24.3 Å². The molecule has 1 aliphatic carbocycles. The molecule has 2 atom stereocenters. The molecule has 3 aliphatic rings. The minimum absolute atomic E-state index is 0. The Morgan fingerprint density at radius 3 is 2.79 bits per heavy atom. The molecule has 3 N–H and O–H groups in total. The van der Waals surface area contributed by atoms with E-state index in [4.69, 9.17) is 4.74 Å². The van der Waals surface area contributed by atoms with E-state index in [1.807, 2.05) is 18.2 Å². The zero-order chi connectivity index (χ0) is 18.7. The Hall–Kier alpha value is -1.63. The number of benzene rings is 1. The fourth-order valence-corrected chi connectivity index (χ4v) is 4.44. The highest BCUT2D eigenvalue weighted by molar-refractivity contribution is 5.94. The summed E-state index contributed by atoms with van der Waals surface area (Å²) in [5.74, 6) is 0.233. The van der Waals surface area contributed by atoms with Crippen LogP contribution in [0.4, 0.5) is 0 Å². The molecule has 4 rings (SSSR count). The van der Waals surface area contributed by atoms with Crippen molar-refractivity contribution in [3.8, 4) is 0 Å². The molecule has 6 nitrogen and oxygen atoms in total. The molecule has 28 heavy (non-hydrogen) atoms. The average molecular weight is 408 g/mol. The van der Waals surface area contributed by atoms with Crippen LogP contribution in [0.25, 0.3) is 0 Å². The van der Waals surface area contributed by atoms with Crippen LogP contribution < -0.4 is 16.0 Å². The number of hydrogen-bond acceptors (Lipinski definition) is 4. The highest BCUT2D eigenvalue weighted by Gasteiger charge is 2.57. The molecule has 3 fully saturated rings. The molecule has 0 radical (unpaired) electrons. The SMILES string of the molecule is Cl.O=C(NCC1CCCO1)c1cccc(CNC(=O)C2CC23CCNCC3)c1. The predicted molar refractivity (Wildman–Crippen MR) is 109 cm³/mol. The van der Waals surface area contributed by atoms with Gasteiger partial charge in [-0.25, -0.2) is 0 Å². The normalized spacial score (nSPS) is 25.0. The second-order valence-electron chi connectivity index (χ2n) is 8.13. The third-order valence-electron chi connectivity index (χ3n) is 6.28. The van der Waals surface area contributed by atoms with Gasteiger partial charge in [0.15, 0.2) is 0 Å². The van der Waals surface area contributed by atoms with Crippen molar-refractivity contribution in [3.05, 3.63) is 35.4 Å². The van der Waals surface area contributed by atoms with Gasteiger partial charge in [-0.1, -0.05) is 12.1 Å². The van der Waals surface area contributed by atoms with E-state index in [1.165, 1.54) is 0 Å². The summed E-state index contributed by atoms with van der Waals surface area (Å²) in [6.45, 7) is 3.85. The molecule has 1 spiro atoms.